The molecular formula is C23H25NO2. The largest absolute Gasteiger partial charge is 0.493 e. The van der Waals surface area contributed by atoms with Gasteiger partial charge in [-0.25, -0.2) is 0 Å². The fourth-order valence-electron chi connectivity index (χ4n) is 2.74. The molecule has 0 aliphatic carbocycles. The summed E-state index contributed by atoms with van der Waals surface area (Å²) in [4.78, 5) is 0. The Morgan fingerprint density at radius 3 is 2.15 bits per heavy atom. The molecule has 3 heteroatoms. The first-order chi connectivity index (χ1) is 12.8. The predicted octanol–water partition coefficient (Wildman–Crippen LogP) is 4.39. The molecule has 0 aromatic heterocycles. The van der Waals surface area contributed by atoms with Crippen molar-refractivity contribution in [2.75, 3.05) is 13.2 Å². The standard InChI is InChI=1S/C23H25NO2/c24-15-13-20-7-4-8-23(17-20)25-16-14-19-9-11-22(12-10-19)26-18-21-5-2-1-3-6-21/h1-12,17H,13-16,18,24H2. The van der Waals surface area contributed by atoms with Gasteiger partial charge in [0.15, 0.2) is 0 Å². The fourth-order valence-corrected chi connectivity index (χ4v) is 2.74. The molecule has 0 spiro atoms. The third-order valence-corrected chi connectivity index (χ3v) is 4.16. The predicted molar refractivity (Wildman–Crippen MR) is 106 cm³/mol. The van der Waals surface area contributed by atoms with E-state index in [9.17, 15) is 0 Å². The van der Waals surface area contributed by atoms with Crippen LogP contribution in [-0.4, -0.2) is 13.2 Å². The van der Waals surface area contributed by atoms with Gasteiger partial charge in [0.1, 0.15) is 18.1 Å². The van der Waals surface area contributed by atoms with E-state index in [2.05, 4.69) is 36.4 Å². The van der Waals surface area contributed by atoms with E-state index < -0.39 is 0 Å². The lowest BCUT2D eigenvalue weighted by Gasteiger charge is -2.09. The summed E-state index contributed by atoms with van der Waals surface area (Å²) in [5.74, 6) is 1.78. The fraction of sp³-hybridized carbons (Fsp3) is 0.217. The van der Waals surface area contributed by atoms with Crippen LogP contribution in [-0.2, 0) is 19.4 Å². The Hall–Kier alpha value is -2.78. The number of benzene rings is 3. The highest BCUT2D eigenvalue weighted by Gasteiger charge is 2.00. The molecule has 0 saturated carbocycles. The highest BCUT2D eigenvalue weighted by Crippen LogP contribution is 2.16. The smallest absolute Gasteiger partial charge is 0.119 e. The third-order valence-electron chi connectivity index (χ3n) is 4.16. The van der Waals surface area contributed by atoms with E-state index in [1.165, 1.54) is 16.7 Å². The maximum Gasteiger partial charge on any atom is 0.119 e. The SMILES string of the molecule is NCCc1cccc(OCCc2ccc(OCc3ccccc3)cc2)c1. The lowest BCUT2D eigenvalue weighted by atomic mass is 10.1. The van der Waals surface area contributed by atoms with E-state index in [4.69, 9.17) is 15.2 Å². The Morgan fingerprint density at radius 2 is 1.38 bits per heavy atom. The van der Waals surface area contributed by atoms with Crippen LogP contribution < -0.4 is 15.2 Å². The van der Waals surface area contributed by atoms with Gasteiger partial charge in [-0.3, -0.25) is 0 Å². The first-order valence-corrected chi connectivity index (χ1v) is 9.01. The van der Waals surface area contributed by atoms with Crippen LogP contribution in [0.3, 0.4) is 0 Å². The summed E-state index contributed by atoms with van der Waals surface area (Å²) in [5, 5.41) is 0. The minimum Gasteiger partial charge on any atom is -0.493 e. The molecular weight excluding hydrogens is 322 g/mol. The molecule has 0 atom stereocenters. The summed E-state index contributed by atoms with van der Waals surface area (Å²) in [6.45, 7) is 1.89. The maximum atomic E-state index is 5.86. The van der Waals surface area contributed by atoms with Gasteiger partial charge in [0, 0.05) is 6.42 Å². The van der Waals surface area contributed by atoms with Crippen molar-refractivity contribution in [3.05, 3.63) is 95.6 Å². The van der Waals surface area contributed by atoms with Crippen LogP contribution in [0.15, 0.2) is 78.9 Å². The highest BCUT2D eigenvalue weighted by atomic mass is 16.5. The van der Waals surface area contributed by atoms with Crippen molar-refractivity contribution in [3.63, 3.8) is 0 Å². The van der Waals surface area contributed by atoms with Gasteiger partial charge in [0.05, 0.1) is 6.61 Å². The van der Waals surface area contributed by atoms with Crippen molar-refractivity contribution >= 4 is 0 Å². The minimum absolute atomic E-state index is 0.586. The van der Waals surface area contributed by atoms with Gasteiger partial charge < -0.3 is 15.2 Å². The van der Waals surface area contributed by atoms with E-state index in [0.717, 1.165) is 24.3 Å². The Bertz CT molecular complexity index is 785. The maximum absolute atomic E-state index is 5.86. The van der Waals surface area contributed by atoms with Crippen LogP contribution in [0.1, 0.15) is 16.7 Å². The second kappa shape index (κ2) is 9.64. The zero-order valence-electron chi connectivity index (χ0n) is 14.9. The molecule has 26 heavy (non-hydrogen) atoms. The van der Waals surface area contributed by atoms with Crippen LogP contribution in [0.25, 0.3) is 0 Å². The Morgan fingerprint density at radius 1 is 0.615 bits per heavy atom. The second-order valence-electron chi connectivity index (χ2n) is 6.20. The minimum atomic E-state index is 0.586. The molecule has 0 radical (unpaired) electrons. The van der Waals surface area contributed by atoms with Gasteiger partial charge in [-0.05, 0) is 53.9 Å². The van der Waals surface area contributed by atoms with Crippen molar-refractivity contribution in [2.45, 2.75) is 19.4 Å². The van der Waals surface area contributed by atoms with Crippen LogP contribution in [0.2, 0.25) is 0 Å². The van der Waals surface area contributed by atoms with Gasteiger partial charge >= 0.3 is 0 Å². The molecule has 3 nitrogen and oxygen atoms in total. The molecule has 0 bridgehead atoms. The van der Waals surface area contributed by atoms with Crippen molar-refractivity contribution in [1.29, 1.82) is 0 Å². The summed E-state index contributed by atoms with van der Waals surface area (Å²) in [6.07, 6.45) is 1.74. The topological polar surface area (TPSA) is 44.5 Å². The van der Waals surface area contributed by atoms with E-state index in [1.807, 2.05) is 42.5 Å². The van der Waals surface area contributed by atoms with Gasteiger partial charge in [-0.1, -0.05) is 54.6 Å². The summed E-state index contributed by atoms with van der Waals surface area (Å²) >= 11 is 0. The highest BCUT2D eigenvalue weighted by molar-refractivity contribution is 5.30. The summed E-state index contributed by atoms with van der Waals surface area (Å²) in [7, 11) is 0. The molecule has 0 aliphatic rings. The Kier molecular flexibility index (Phi) is 6.68. The number of ether oxygens (including phenoxy) is 2. The molecule has 0 amide bonds. The summed E-state index contributed by atoms with van der Waals surface area (Å²) in [6, 6.07) is 26.5. The molecule has 0 aliphatic heterocycles. The van der Waals surface area contributed by atoms with Crippen LogP contribution in [0, 0.1) is 0 Å². The Balaban J connectivity index is 1.45. The molecule has 2 N–H and O–H groups in total. The van der Waals surface area contributed by atoms with Crippen molar-refractivity contribution in [1.82, 2.24) is 0 Å². The first kappa shape index (κ1) is 18.0. The molecule has 3 aromatic carbocycles. The van der Waals surface area contributed by atoms with Gasteiger partial charge in [-0.15, -0.1) is 0 Å². The average molecular weight is 347 g/mol. The van der Waals surface area contributed by atoms with Gasteiger partial charge in [-0.2, -0.15) is 0 Å². The van der Waals surface area contributed by atoms with Crippen LogP contribution in [0.5, 0.6) is 11.5 Å². The van der Waals surface area contributed by atoms with Crippen LogP contribution in [0.4, 0.5) is 0 Å². The quantitative estimate of drug-likeness (QED) is 0.624. The van der Waals surface area contributed by atoms with Gasteiger partial charge in [0.2, 0.25) is 0 Å². The molecule has 134 valence electrons. The number of hydrogen-bond donors (Lipinski definition) is 1. The monoisotopic (exact) mass is 347 g/mol. The molecule has 0 fully saturated rings. The van der Waals surface area contributed by atoms with E-state index in [-0.39, 0.29) is 0 Å². The van der Waals surface area contributed by atoms with E-state index in [0.29, 0.717) is 19.8 Å². The van der Waals surface area contributed by atoms with Crippen LogP contribution >= 0.6 is 0 Å². The lowest BCUT2D eigenvalue weighted by Crippen LogP contribution is -2.04. The Labute approximate surface area is 155 Å². The lowest BCUT2D eigenvalue weighted by molar-refractivity contribution is 0.305. The second-order valence-corrected chi connectivity index (χ2v) is 6.20. The number of hydrogen-bond acceptors (Lipinski definition) is 3. The average Bonchev–Trinajstić information content (AvgIpc) is 2.69. The number of nitrogens with two attached hydrogens (primary N) is 1. The molecule has 3 rings (SSSR count). The number of rotatable bonds is 9. The molecule has 3 aromatic rings. The van der Waals surface area contributed by atoms with Crippen molar-refractivity contribution in [2.24, 2.45) is 5.73 Å². The van der Waals surface area contributed by atoms with E-state index >= 15 is 0 Å². The first-order valence-electron chi connectivity index (χ1n) is 9.01. The zero-order chi connectivity index (χ0) is 18.0. The van der Waals surface area contributed by atoms with Crippen molar-refractivity contribution < 1.29 is 9.47 Å². The molecule has 0 unspecified atom stereocenters. The molecule has 0 saturated heterocycles. The normalized spacial score (nSPS) is 10.5. The van der Waals surface area contributed by atoms with Gasteiger partial charge in [0.25, 0.3) is 0 Å². The molecule has 0 heterocycles. The summed E-state index contributed by atoms with van der Waals surface area (Å²) < 4.78 is 11.7. The third kappa shape index (κ3) is 5.64. The van der Waals surface area contributed by atoms with E-state index in [1.54, 1.807) is 0 Å². The summed E-state index contributed by atoms with van der Waals surface area (Å²) in [5.41, 5.74) is 9.22. The van der Waals surface area contributed by atoms with Crippen molar-refractivity contribution in [3.8, 4) is 11.5 Å². The zero-order valence-corrected chi connectivity index (χ0v) is 14.9.